The Morgan fingerprint density at radius 2 is 2.07 bits per heavy atom. The number of ether oxygens (including phenoxy) is 1. The van der Waals surface area contributed by atoms with Gasteiger partial charge in [0.15, 0.2) is 16.4 Å². The fourth-order valence-corrected chi connectivity index (χ4v) is 5.38. The van der Waals surface area contributed by atoms with Crippen molar-refractivity contribution < 1.29 is 22.7 Å². The third-order valence-electron chi connectivity index (χ3n) is 4.79. The van der Waals surface area contributed by atoms with Crippen LogP contribution in [-0.2, 0) is 19.4 Å². The van der Waals surface area contributed by atoms with Crippen LogP contribution in [0.1, 0.15) is 48.3 Å². The van der Waals surface area contributed by atoms with Gasteiger partial charge in [0.2, 0.25) is 0 Å². The zero-order valence-electron chi connectivity index (χ0n) is 16.0. The van der Waals surface area contributed by atoms with Gasteiger partial charge in [0.05, 0.1) is 17.1 Å². The number of sulfone groups is 1. The molecule has 1 aromatic rings. The quantitative estimate of drug-likeness (QED) is 0.521. The first-order valence-corrected chi connectivity index (χ1v) is 11.1. The lowest BCUT2D eigenvalue weighted by molar-refractivity contribution is -0.138. The molecule has 0 bridgehead atoms. The van der Waals surface area contributed by atoms with Gasteiger partial charge in [-0.05, 0) is 45.2 Å². The maximum atomic E-state index is 12.7. The molecule has 0 spiro atoms. The van der Waals surface area contributed by atoms with Crippen LogP contribution in [0.15, 0.2) is 6.07 Å². The highest BCUT2D eigenvalue weighted by Crippen LogP contribution is 2.23. The molecule has 1 fully saturated rings. The number of rotatable bonds is 6. The van der Waals surface area contributed by atoms with Crippen LogP contribution in [0, 0.1) is 13.8 Å². The molecule has 7 nitrogen and oxygen atoms in total. The molecule has 1 saturated heterocycles. The Hall–Kier alpha value is -1.67. The average molecular weight is 417 g/mol. The average Bonchev–Trinajstić information content (AvgIpc) is 2.91. The third-order valence-corrected chi connectivity index (χ3v) is 6.81. The van der Waals surface area contributed by atoms with Crippen molar-refractivity contribution >= 4 is 33.3 Å². The summed E-state index contributed by atoms with van der Waals surface area (Å²) in [5, 5.41) is 0.0330. The summed E-state index contributed by atoms with van der Waals surface area (Å²) < 4.78 is 28.7. The molecule has 2 heterocycles. The smallest absolute Gasteiger partial charge is 0.342 e. The number of aromatic nitrogens is 1. The Labute approximate surface area is 165 Å². The van der Waals surface area contributed by atoms with Gasteiger partial charge in [-0.15, -0.1) is 0 Å². The normalized spacial score (nSPS) is 19.5. The Morgan fingerprint density at radius 3 is 2.59 bits per heavy atom. The molecule has 0 aromatic carbocycles. The Balaban J connectivity index is 2.11. The summed E-state index contributed by atoms with van der Waals surface area (Å²) in [5.74, 6) is -1.11. The van der Waals surface area contributed by atoms with Crippen molar-refractivity contribution in [1.82, 2.24) is 9.88 Å². The zero-order valence-corrected chi connectivity index (χ0v) is 17.6. The predicted molar refractivity (Wildman–Crippen MR) is 103 cm³/mol. The highest BCUT2D eigenvalue weighted by Gasteiger charge is 2.36. The molecule has 0 aliphatic carbocycles. The molecule has 27 heavy (non-hydrogen) atoms. The van der Waals surface area contributed by atoms with E-state index < -0.39 is 28.3 Å². The molecule has 150 valence electrons. The van der Waals surface area contributed by atoms with Crippen LogP contribution in [0.3, 0.4) is 0 Å². The second kappa shape index (κ2) is 8.56. The van der Waals surface area contributed by atoms with Crippen molar-refractivity contribution in [3.63, 3.8) is 0 Å². The van der Waals surface area contributed by atoms with Crippen LogP contribution in [0.4, 0.5) is 0 Å². The monoisotopic (exact) mass is 416 g/mol. The number of carbonyl (C=O) groups excluding carboxylic acids is 2. The minimum Gasteiger partial charge on any atom is -0.452 e. The number of esters is 1. The van der Waals surface area contributed by atoms with Crippen LogP contribution in [0.2, 0.25) is 5.15 Å². The topological polar surface area (TPSA) is 93.6 Å². The molecular formula is C18H25ClN2O5S. The zero-order chi connectivity index (χ0) is 20.4. The molecule has 1 aliphatic heterocycles. The number of carbonyl (C=O) groups is 2. The minimum absolute atomic E-state index is 0.0330. The fraction of sp³-hybridized carbons (Fsp3) is 0.611. The first-order chi connectivity index (χ1) is 12.6. The Kier molecular flexibility index (Phi) is 6.86. The van der Waals surface area contributed by atoms with E-state index in [0.29, 0.717) is 24.1 Å². The van der Waals surface area contributed by atoms with Gasteiger partial charge in [-0.25, -0.2) is 18.2 Å². The van der Waals surface area contributed by atoms with E-state index in [2.05, 4.69) is 4.98 Å². The number of halogens is 1. The van der Waals surface area contributed by atoms with E-state index in [-0.39, 0.29) is 34.3 Å². The van der Waals surface area contributed by atoms with Crippen LogP contribution in [0.25, 0.3) is 0 Å². The molecular weight excluding hydrogens is 392 g/mol. The van der Waals surface area contributed by atoms with Crippen LogP contribution in [-0.4, -0.2) is 60.4 Å². The molecule has 2 atom stereocenters. The maximum absolute atomic E-state index is 12.7. The van der Waals surface area contributed by atoms with E-state index in [1.165, 1.54) is 0 Å². The molecule has 0 unspecified atom stereocenters. The number of aryl methyl sites for hydroxylation is 2. The molecule has 1 aromatic heterocycles. The van der Waals surface area contributed by atoms with Crippen LogP contribution in [0.5, 0.6) is 0 Å². The van der Waals surface area contributed by atoms with Crippen molar-refractivity contribution in [2.75, 3.05) is 18.1 Å². The summed E-state index contributed by atoms with van der Waals surface area (Å²) in [6.07, 6.45) is 1.07. The lowest BCUT2D eigenvalue weighted by Gasteiger charge is -2.33. The SMILES string of the molecule is CC[C@@H](C)N(C(=O)COC(=O)c1c(C)cc(C)nc1Cl)[C@@H]1CCS(=O)(=O)C1. The van der Waals surface area contributed by atoms with Gasteiger partial charge in [-0.3, -0.25) is 4.79 Å². The van der Waals surface area contributed by atoms with Gasteiger partial charge < -0.3 is 9.64 Å². The highest BCUT2D eigenvalue weighted by atomic mass is 35.5. The second-order valence-corrected chi connectivity index (χ2v) is 9.52. The van der Waals surface area contributed by atoms with Crippen LogP contribution < -0.4 is 0 Å². The predicted octanol–water partition coefficient (Wildman–Crippen LogP) is 2.32. The summed E-state index contributed by atoms with van der Waals surface area (Å²) in [5.41, 5.74) is 1.43. The van der Waals surface area contributed by atoms with E-state index in [0.717, 1.165) is 0 Å². The van der Waals surface area contributed by atoms with Crippen molar-refractivity contribution in [3.05, 3.63) is 28.0 Å². The van der Waals surface area contributed by atoms with Crippen molar-refractivity contribution in [3.8, 4) is 0 Å². The van der Waals surface area contributed by atoms with Crippen LogP contribution >= 0.6 is 11.6 Å². The second-order valence-electron chi connectivity index (χ2n) is 6.94. The molecule has 1 aliphatic rings. The van der Waals surface area contributed by atoms with E-state index >= 15 is 0 Å². The van der Waals surface area contributed by atoms with E-state index in [9.17, 15) is 18.0 Å². The van der Waals surface area contributed by atoms with E-state index in [1.807, 2.05) is 13.8 Å². The molecule has 9 heteroatoms. The molecule has 2 rings (SSSR count). The summed E-state index contributed by atoms with van der Waals surface area (Å²) in [7, 11) is -3.13. The van der Waals surface area contributed by atoms with Gasteiger partial charge >= 0.3 is 5.97 Å². The first kappa shape index (κ1) is 21.6. The highest BCUT2D eigenvalue weighted by molar-refractivity contribution is 7.91. The van der Waals surface area contributed by atoms with E-state index in [1.54, 1.807) is 24.8 Å². The number of nitrogens with zero attached hydrogens (tertiary/aromatic N) is 2. The number of amides is 1. The maximum Gasteiger partial charge on any atom is 0.342 e. The lowest BCUT2D eigenvalue weighted by Crippen LogP contribution is -2.48. The molecule has 0 N–H and O–H groups in total. The van der Waals surface area contributed by atoms with Gasteiger partial charge in [-0.1, -0.05) is 18.5 Å². The Bertz CT molecular complexity index is 817. The minimum atomic E-state index is -3.13. The third kappa shape index (κ3) is 5.19. The summed E-state index contributed by atoms with van der Waals surface area (Å²) >= 11 is 6.04. The van der Waals surface area contributed by atoms with Gasteiger partial charge in [0.25, 0.3) is 5.91 Å². The number of hydrogen-bond acceptors (Lipinski definition) is 6. The number of hydrogen-bond donors (Lipinski definition) is 0. The van der Waals surface area contributed by atoms with Crippen molar-refractivity contribution in [2.24, 2.45) is 0 Å². The van der Waals surface area contributed by atoms with Gasteiger partial charge in [0, 0.05) is 17.8 Å². The summed E-state index contributed by atoms with van der Waals surface area (Å²) in [4.78, 5) is 30.7. The number of pyridine rings is 1. The molecule has 0 saturated carbocycles. The summed E-state index contributed by atoms with van der Waals surface area (Å²) in [6.45, 7) is 6.78. The van der Waals surface area contributed by atoms with Crippen molar-refractivity contribution in [2.45, 2.75) is 52.6 Å². The van der Waals surface area contributed by atoms with Gasteiger partial charge in [-0.2, -0.15) is 0 Å². The molecule has 1 amide bonds. The molecule has 0 radical (unpaired) electrons. The van der Waals surface area contributed by atoms with Gasteiger partial charge in [0.1, 0.15) is 5.15 Å². The summed E-state index contributed by atoms with van der Waals surface area (Å²) in [6, 6.07) is 1.17. The first-order valence-electron chi connectivity index (χ1n) is 8.88. The lowest BCUT2D eigenvalue weighted by atomic mass is 10.1. The largest absolute Gasteiger partial charge is 0.452 e. The fourth-order valence-electron chi connectivity index (χ4n) is 3.31. The Morgan fingerprint density at radius 1 is 1.41 bits per heavy atom. The van der Waals surface area contributed by atoms with E-state index in [4.69, 9.17) is 16.3 Å². The van der Waals surface area contributed by atoms with Crippen molar-refractivity contribution in [1.29, 1.82) is 0 Å². The standard InChI is InChI=1S/C18H25ClN2O5S/c1-5-13(4)21(14-6-7-27(24,25)10-14)15(22)9-26-18(23)16-11(2)8-12(3)20-17(16)19/h8,13-14H,5-7,9-10H2,1-4H3/t13-,14-/m1/s1.